The van der Waals surface area contributed by atoms with E-state index < -0.39 is 5.97 Å². The van der Waals surface area contributed by atoms with Crippen LogP contribution in [0.5, 0.6) is 0 Å². The van der Waals surface area contributed by atoms with Crippen molar-refractivity contribution in [2.24, 2.45) is 0 Å². The molecule has 2 aromatic rings. The molecule has 1 fully saturated rings. The van der Waals surface area contributed by atoms with Gasteiger partial charge in [-0.25, -0.2) is 9.78 Å². The summed E-state index contributed by atoms with van der Waals surface area (Å²) in [4.78, 5) is 29.8. The molecule has 1 aromatic heterocycles. The van der Waals surface area contributed by atoms with Gasteiger partial charge >= 0.3 is 5.97 Å². The average Bonchev–Trinajstić information content (AvgIpc) is 2.92. The minimum atomic E-state index is -1.13. The van der Waals surface area contributed by atoms with Crippen molar-refractivity contribution in [3.63, 3.8) is 0 Å². The number of hydrogen-bond acceptors (Lipinski definition) is 3. The van der Waals surface area contributed by atoms with E-state index in [4.69, 9.17) is 5.11 Å². The van der Waals surface area contributed by atoms with E-state index in [9.17, 15) is 9.59 Å². The summed E-state index contributed by atoms with van der Waals surface area (Å²) in [6.07, 6.45) is 9.54. The molecule has 1 aliphatic rings. The molecule has 134 valence electrons. The maximum absolute atomic E-state index is 13.0. The lowest BCUT2D eigenvalue weighted by molar-refractivity contribution is 0.0690. The second kappa shape index (κ2) is 8.43. The highest BCUT2D eigenvalue weighted by molar-refractivity contribution is 5.97. The monoisotopic (exact) mass is 350 g/mol. The third-order valence-electron chi connectivity index (χ3n) is 4.60. The van der Waals surface area contributed by atoms with Gasteiger partial charge in [0.05, 0.1) is 6.04 Å². The number of aromatic nitrogens is 1. The van der Waals surface area contributed by atoms with Gasteiger partial charge in [0.25, 0.3) is 5.91 Å². The van der Waals surface area contributed by atoms with Crippen LogP contribution < -0.4 is 0 Å². The number of benzene rings is 1. The van der Waals surface area contributed by atoms with Crippen LogP contribution in [0.25, 0.3) is 6.08 Å². The van der Waals surface area contributed by atoms with E-state index >= 15 is 0 Å². The second-order valence-electron chi connectivity index (χ2n) is 6.42. The molecule has 0 saturated carbocycles. The largest absolute Gasteiger partial charge is 0.477 e. The van der Waals surface area contributed by atoms with Crippen LogP contribution in [-0.2, 0) is 0 Å². The van der Waals surface area contributed by atoms with Crippen LogP contribution in [0.1, 0.15) is 52.1 Å². The van der Waals surface area contributed by atoms with Gasteiger partial charge in [0.1, 0.15) is 5.69 Å². The lowest BCUT2D eigenvalue weighted by Gasteiger charge is -2.28. The van der Waals surface area contributed by atoms with Gasteiger partial charge in [0.2, 0.25) is 0 Å². The van der Waals surface area contributed by atoms with Crippen molar-refractivity contribution in [3.8, 4) is 0 Å². The van der Waals surface area contributed by atoms with Crippen LogP contribution in [0.2, 0.25) is 0 Å². The van der Waals surface area contributed by atoms with Gasteiger partial charge in [-0.2, -0.15) is 0 Å². The lowest BCUT2D eigenvalue weighted by Crippen LogP contribution is -2.39. The third kappa shape index (κ3) is 4.36. The highest BCUT2D eigenvalue weighted by atomic mass is 16.4. The van der Waals surface area contributed by atoms with Gasteiger partial charge in [-0.05, 0) is 30.5 Å². The highest BCUT2D eigenvalue weighted by Gasteiger charge is 2.25. The molecule has 5 nitrogen and oxygen atoms in total. The van der Waals surface area contributed by atoms with Crippen molar-refractivity contribution in [1.29, 1.82) is 0 Å². The number of carbonyl (C=O) groups excluding carboxylic acids is 1. The van der Waals surface area contributed by atoms with E-state index in [0.717, 1.165) is 31.2 Å². The molecule has 1 unspecified atom stereocenters. The molecule has 0 aliphatic carbocycles. The molecule has 5 heteroatoms. The van der Waals surface area contributed by atoms with E-state index in [2.05, 4.69) is 11.1 Å². The summed E-state index contributed by atoms with van der Waals surface area (Å²) >= 11 is 0. The molecule has 1 amide bonds. The van der Waals surface area contributed by atoms with Crippen LogP contribution in [0.15, 0.2) is 54.7 Å². The van der Waals surface area contributed by atoms with E-state index in [0.29, 0.717) is 12.1 Å². The summed E-state index contributed by atoms with van der Waals surface area (Å²) in [7, 11) is 0. The molecule has 1 saturated heterocycles. The Labute approximate surface area is 153 Å². The third-order valence-corrected chi connectivity index (χ3v) is 4.60. The Morgan fingerprint density at radius 1 is 1.12 bits per heavy atom. The first-order valence-corrected chi connectivity index (χ1v) is 8.89. The fourth-order valence-electron chi connectivity index (χ4n) is 3.22. The number of hydrogen-bond donors (Lipinski definition) is 1. The fourth-order valence-corrected chi connectivity index (χ4v) is 3.22. The number of nitrogens with zero attached hydrogens (tertiary/aromatic N) is 2. The Kier molecular flexibility index (Phi) is 5.79. The van der Waals surface area contributed by atoms with Gasteiger partial charge in [0.15, 0.2) is 0 Å². The van der Waals surface area contributed by atoms with Gasteiger partial charge in [-0.1, -0.05) is 55.3 Å². The standard InChI is InChI=1S/C21H22N2O3/c24-20(17-12-13-22-19(15-17)21(25)26)23-14-6-2-5-9-18(23)11-10-16-7-3-1-4-8-16/h1,3-4,7-8,10-13,15,18H,2,5-6,9,14H2,(H,25,26)/b11-10+. The number of carboxylic acid groups (broad SMARTS) is 1. The van der Waals surface area contributed by atoms with E-state index in [1.54, 1.807) is 6.07 Å². The number of aromatic carboxylic acids is 1. The minimum absolute atomic E-state index is 0.00616. The molecule has 0 spiro atoms. The minimum Gasteiger partial charge on any atom is -0.477 e. The number of carbonyl (C=O) groups is 2. The topological polar surface area (TPSA) is 70.5 Å². The molecule has 1 aromatic carbocycles. The molecule has 0 bridgehead atoms. The molecule has 1 atom stereocenters. The zero-order chi connectivity index (χ0) is 18.4. The lowest BCUT2D eigenvalue weighted by atomic mass is 10.1. The van der Waals surface area contributed by atoms with Crippen LogP contribution in [0, 0.1) is 0 Å². The first-order valence-electron chi connectivity index (χ1n) is 8.89. The maximum Gasteiger partial charge on any atom is 0.354 e. The summed E-state index contributed by atoms with van der Waals surface area (Å²) < 4.78 is 0. The molecular weight excluding hydrogens is 328 g/mol. The quantitative estimate of drug-likeness (QED) is 0.908. The summed E-state index contributed by atoms with van der Waals surface area (Å²) in [6.45, 7) is 0.674. The SMILES string of the molecule is O=C(O)c1cc(C(=O)N2CCCCCC2/C=C/c2ccccc2)ccn1. The maximum atomic E-state index is 13.0. The van der Waals surface area contributed by atoms with Crippen molar-refractivity contribution in [2.75, 3.05) is 6.54 Å². The number of pyridine rings is 1. The fraction of sp³-hybridized carbons (Fsp3) is 0.286. The van der Waals surface area contributed by atoms with Gasteiger partial charge in [-0.3, -0.25) is 4.79 Å². The summed E-state index contributed by atoms with van der Waals surface area (Å²) in [5.74, 6) is -1.27. The Hall–Kier alpha value is -2.95. The highest BCUT2D eigenvalue weighted by Crippen LogP contribution is 2.21. The van der Waals surface area contributed by atoms with Gasteiger partial charge in [0, 0.05) is 18.3 Å². The van der Waals surface area contributed by atoms with Crippen molar-refractivity contribution in [2.45, 2.75) is 31.7 Å². The van der Waals surface area contributed by atoms with Crippen LogP contribution >= 0.6 is 0 Å². The van der Waals surface area contributed by atoms with Gasteiger partial charge < -0.3 is 10.0 Å². The number of rotatable bonds is 4. The van der Waals surface area contributed by atoms with Crippen molar-refractivity contribution in [1.82, 2.24) is 9.88 Å². The molecule has 0 radical (unpaired) electrons. The van der Waals surface area contributed by atoms with Crippen molar-refractivity contribution < 1.29 is 14.7 Å². The predicted octanol–water partition coefficient (Wildman–Crippen LogP) is 3.88. The van der Waals surface area contributed by atoms with Crippen LogP contribution in [-0.4, -0.2) is 39.5 Å². The molecule has 3 rings (SSSR count). The van der Waals surface area contributed by atoms with Gasteiger partial charge in [-0.15, -0.1) is 0 Å². The number of carboxylic acids is 1. The normalized spacial score (nSPS) is 17.8. The summed E-state index contributed by atoms with van der Waals surface area (Å²) in [5, 5.41) is 9.11. The average molecular weight is 350 g/mol. The van der Waals surface area contributed by atoms with Crippen molar-refractivity contribution in [3.05, 3.63) is 71.6 Å². The number of likely N-dealkylation sites (tertiary alicyclic amines) is 1. The summed E-state index contributed by atoms with van der Waals surface area (Å²) in [5.41, 5.74) is 1.36. The Bertz CT molecular complexity index is 802. The first-order chi connectivity index (χ1) is 12.6. The Morgan fingerprint density at radius 3 is 2.69 bits per heavy atom. The van der Waals surface area contributed by atoms with E-state index in [1.807, 2.05) is 41.3 Å². The number of amides is 1. The van der Waals surface area contributed by atoms with Crippen LogP contribution in [0.3, 0.4) is 0 Å². The predicted molar refractivity (Wildman–Crippen MR) is 100.0 cm³/mol. The van der Waals surface area contributed by atoms with E-state index in [-0.39, 0.29) is 17.6 Å². The zero-order valence-electron chi connectivity index (χ0n) is 14.5. The van der Waals surface area contributed by atoms with E-state index in [1.165, 1.54) is 12.3 Å². The van der Waals surface area contributed by atoms with Crippen molar-refractivity contribution >= 4 is 18.0 Å². The zero-order valence-corrected chi connectivity index (χ0v) is 14.5. The Morgan fingerprint density at radius 2 is 1.92 bits per heavy atom. The summed E-state index contributed by atoms with van der Waals surface area (Å²) in [6, 6.07) is 12.9. The smallest absolute Gasteiger partial charge is 0.354 e. The second-order valence-corrected chi connectivity index (χ2v) is 6.42. The first kappa shape index (κ1) is 17.9. The molecule has 1 N–H and O–H groups in total. The molecular formula is C21H22N2O3. The molecule has 26 heavy (non-hydrogen) atoms. The Balaban J connectivity index is 1.84. The molecule has 2 heterocycles. The van der Waals surface area contributed by atoms with Crippen LogP contribution in [0.4, 0.5) is 0 Å². The molecule has 1 aliphatic heterocycles.